The van der Waals surface area contributed by atoms with E-state index in [1.54, 1.807) is 17.8 Å². The smallest absolute Gasteiger partial charge is 0.329 e. The molecule has 1 amide bonds. The fourth-order valence-corrected chi connectivity index (χ4v) is 2.24. The fourth-order valence-electron chi connectivity index (χ4n) is 2.24. The summed E-state index contributed by atoms with van der Waals surface area (Å²) in [5.41, 5.74) is 0.735. The normalized spacial score (nSPS) is 16.1. The van der Waals surface area contributed by atoms with Crippen LogP contribution in [0.3, 0.4) is 0 Å². The number of amides is 1. The van der Waals surface area contributed by atoms with E-state index in [-0.39, 0.29) is 0 Å². The number of rotatable bonds is 3. The summed E-state index contributed by atoms with van der Waals surface area (Å²) in [4.78, 5) is 27.4. The molecule has 0 aliphatic heterocycles. The summed E-state index contributed by atoms with van der Waals surface area (Å²) >= 11 is 0. The van der Waals surface area contributed by atoms with Gasteiger partial charge in [0, 0.05) is 18.6 Å². The zero-order chi connectivity index (χ0) is 14.5. The predicted octanol–water partition coefficient (Wildman–Crippen LogP) is 0.624. The molecule has 7 heteroatoms. The lowest BCUT2D eigenvalue weighted by molar-refractivity contribution is -0.140. The van der Waals surface area contributed by atoms with Crippen LogP contribution in [0.4, 0.5) is 0 Å². The molecule has 20 heavy (non-hydrogen) atoms. The number of carboxylic acid groups (broad SMARTS) is 1. The van der Waals surface area contributed by atoms with Gasteiger partial charge in [0.25, 0.3) is 5.91 Å². The van der Waals surface area contributed by atoms with Crippen LogP contribution in [-0.4, -0.2) is 37.3 Å². The molecule has 0 spiro atoms. The van der Waals surface area contributed by atoms with Crippen molar-refractivity contribution in [2.45, 2.75) is 25.3 Å². The third-order valence-corrected chi connectivity index (χ3v) is 3.64. The maximum absolute atomic E-state index is 12.1. The maximum Gasteiger partial charge on any atom is 0.329 e. The Morgan fingerprint density at radius 1 is 1.45 bits per heavy atom. The van der Waals surface area contributed by atoms with Crippen LogP contribution in [0.2, 0.25) is 0 Å². The number of carbonyl (C=O) groups excluding carboxylic acids is 1. The molecule has 0 aromatic carbocycles. The second-order valence-corrected chi connectivity index (χ2v) is 5.15. The van der Waals surface area contributed by atoms with Crippen molar-refractivity contribution in [2.24, 2.45) is 7.05 Å². The van der Waals surface area contributed by atoms with Gasteiger partial charge in [-0.15, -0.1) is 0 Å². The summed E-state index contributed by atoms with van der Waals surface area (Å²) in [7, 11) is 1.78. The molecule has 1 saturated carbocycles. The molecule has 2 aromatic heterocycles. The summed E-state index contributed by atoms with van der Waals surface area (Å²) in [5.74, 6) is -1.40. The first-order chi connectivity index (χ1) is 9.43. The second kappa shape index (κ2) is 4.03. The molecule has 7 nitrogen and oxygen atoms in total. The summed E-state index contributed by atoms with van der Waals surface area (Å²) in [6.07, 6.45) is 2.38. The highest BCUT2D eigenvalue weighted by Crippen LogP contribution is 2.35. The van der Waals surface area contributed by atoms with E-state index in [1.165, 1.54) is 6.20 Å². The van der Waals surface area contributed by atoms with Gasteiger partial charge in [0.1, 0.15) is 5.54 Å². The Kier molecular flexibility index (Phi) is 2.53. The maximum atomic E-state index is 12.1. The Bertz CT molecular complexity index is 731. The third-order valence-electron chi connectivity index (χ3n) is 3.64. The van der Waals surface area contributed by atoms with E-state index in [4.69, 9.17) is 5.11 Å². The zero-order valence-electron chi connectivity index (χ0n) is 11.2. The van der Waals surface area contributed by atoms with Gasteiger partial charge in [0.15, 0.2) is 5.65 Å². The molecule has 0 saturated heterocycles. The van der Waals surface area contributed by atoms with Crippen molar-refractivity contribution in [2.75, 3.05) is 0 Å². The topological polar surface area (TPSA) is 97.1 Å². The number of aryl methyl sites for hydroxylation is 2. The third kappa shape index (κ3) is 1.82. The molecule has 2 heterocycles. The monoisotopic (exact) mass is 274 g/mol. The van der Waals surface area contributed by atoms with Crippen LogP contribution in [0.15, 0.2) is 12.3 Å². The number of aromatic nitrogens is 3. The summed E-state index contributed by atoms with van der Waals surface area (Å²) in [5, 5.41) is 16.7. The summed E-state index contributed by atoms with van der Waals surface area (Å²) in [6, 6.07) is 1.69. The Morgan fingerprint density at radius 3 is 2.75 bits per heavy atom. The Morgan fingerprint density at radius 2 is 2.15 bits per heavy atom. The minimum Gasteiger partial charge on any atom is -0.480 e. The number of carboxylic acids is 1. The summed E-state index contributed by atoms with van der Waals surface area (Å²) in [6.45, 7) is 1.84. The van der Waals surface area contributed by atoms with Crippen molar-refractivity contribution < 1.29 is 14.7 Å². The molecule has 1 fully saturated rings. The number of hydrogen-bond acceptors (Lipinski definition) is 4. The minimum absolute atomic E-state index is 0.348. The summed E-state index contributed by atoms with van der Waals surface area (Å²) < 4.78 is 1.64. The Hall–Kier alpha value is -2.44. The lowest BCUT2D eigenvalue weighted by Gasteiger charge is -2.12. The van der Waals surface area contributed by atoms with Gasteiger partial charge in [-0.3, -0.25) is 9.48 Å². The van der Waals surface area contributed by atoms with Gasteiger partial charge in [0.05, 0.1) is 11.3 Å². The van der Waals surface area contributed by atoms with Crippen molar-refractivity contribution in [3.63, 3.8) is 0 Å². The number of fused-ring (bicyclic) bond motifs is 1. The van der Waals surface area contributed by atoms with Crippen molar-refractivity contribution in [1.82, 2.24) is 20.1 Å². The SMILES string of the molecule is Cc1nn(C)c2ncc(C(=O)NC3(C(=O)O)CC3)cc12. The van der Waals surface area contributed by atoms with Crippen LogP contribution in [0, 0.1) is 6.92 Å². The van der Waals surface area contributed by atoms with Crippen LogP contribution in [0.25, 0.3) is 11.0 Å². The van der Waals surface area contributed by atoms with Crippen molar-refractivity contribution >= 4 is 22.9 Å². The number of aliphatic carboxylic acids is 1. The van der Waals surface area contributed by atoms with Crippen LogP contribution in [-0.2, 0) is 11.8 Å². The van der Waals surface area contributed by atoms with Gasteiger partial charge < -0.3 is 10.4 Å². The van der Waals surface area contributed by atoms with E-state index in [1.807, 2.05) is 6.92 Å². The Balaban J connectivity index is 1.92. The van der Waals surface area contributed by atoms with Crippen molar-refractivity contribution in [1.29, 1.82) is 0 Å². The van der Waals surface area contributed by atoms with Crippen LogP contribution in [0.5, 0.6) is 0 Å². The highest BCUT2D eigenvalue weighted by Gasteiger charge is 2.51. The van der Waals surface area contributed by atoms with Crippen LogP contribution < -0.4 is 5.32 Å². The van der Waals surface area contributed by atoms with Gasteiger partial charge in [-0.25, -0.2) is 9.78 Å². The molecule has 0 bridgehead atoms. The predicted molar refractivity (Wildman–Crippen MR) is 70.3 cm³/mol. The molecule has 1 aliphatic carbocycles. The van der Waals surface area contributed by atoms with E-state index in [9.17, 15) is 9.59 Å². The first-order valence-electron chi connectivity index (χ1n) is 6.28. The quantitative estimate of drug-likeness (QED) is 0.855. The van der Waals surface area contributed by atoms with Gasteiger partial charge in [0.2, 0.25) is 0 Å². The second-order valence-electron chi connectivity index (χ2n) is 5.15. The molecule has 0 radical (unpaired) electrons. The van der Waals surface area contributed by atoms with Crippen molar-refractivity contribution in [3.05, 3.63) is 23.5 Å². The number of nitrogens with zero attached hydrogens (tertiary/aromatic N) is 3. The lowest BCUT2D eigenvalue weighted by Crippen LogP contribution is -2.43. The molecule has 0 atom stereocenters. The molecular weight excluding hydrogens is 260 g/mol. The van der Waals surface area contributed by atoms with E-state index >= 15 is 0 Å². The van der Waals surface area contributed by atoms with Gasteiger partial charge in [-0.05, 0) is 25.8 Å². The molecular formula is C13H14N4O3. The standard InChI is InChI=1S/C13H14N4O3/c1-7-9-5-8(6-14-10(9)17(2)16-7)11(18)15-13(3-4-13)12(19)20/h5-6H,3-4H2,1-2H3,(H,15,18)(H,19,20). The van der Waals surface area contributed by atoms with Crippen LogP contribution in [0.1, 0.15) is 28.9 Å². The van der Waals surface area contributed by atoms with Gasteiger partial charge in [-0.1, -0.05) is 0 Å². The highest BCUT2D eigenvalue weighted by molar-refractivity contribution is 6.00. The molecule has 1 aliphatic rings. The first kappa shape index (κ1) is 12.6. The number of pyridine rings is 1. The molecule has 104 valence electrons. The van der Waals surface area contributed by atoms with E-state index in [2.05, 4.69) is 15.4 Å². The molecule has 2 aromatic rings. The Labute approximate surface area is 114 Å². The minimum atomic E-state index is -1.09. The highest BCUT2D eigenvalue weighted by atomic mass is 16.4. The van der Waals surface area contributed by atoms with Crippen molar-refractivity contribution in [3.8, 4) is 0 Å². The largest absolute Gasteiger partial charge is 0.480 e. The first-order valence-corrected chi connectivity index (χ1v) is 6.28. The lowest BCUT2D eigenvalue weighted by atomic mass is 10.1. The van der Waals surface area contributed by atoms with Gasteiger partial charge >= 0.3 is 5.97 Å². The van der Waals surface area contributed by atoms with E-state index in [0.717, 1.165) is 11.1 Å². The molecule has 0 unspecified atom stereocenters. The van der Waals surface area contributed by atoms with Crippen LogP contribution >= 0.6 is 0 Å². The number of nitrogens with one attached hydrogen (secondary N) is 1. The van der Waals surface area contributed by atoms with E-state index < -0.39 is 17.4 Å². The average Bonchev–Trinajstić information content (AvgIpc) is 3.13. The molecule has 2 N–H and O–H groups in total. The van der Waals surface area contributed by atoms with E-state index in [0.29, 0.717) is 24.1 Å². The number of carbonyl (C=O) groups is 2. The molecule has 3 rings (SSSR count). The zero-order valence-corrected chi connectivity index (χ0v) is 11.2. The fraction of sp³-hybridized carbons (Fsp3) is 0.385. The number of hydrogen-bond donors (Lipinski definition) is 2. The van der Waals surface area contributed by atoms with Gasteiger partial charge in [-0.2, -0.15) is 5.10 Å². The average molecular weight is 274 g/mol.